The third-order valence-electron chi connectivity index (χ3n) is 3.32. The van der Waals surface area contributed by atoms with Gasteiger partial charge in [-0.05, 0) is 37.3 Å². The third-order valence-corrected chi connectivity index (χ3v) is 4.19. The number of hydrogen-bond donors (Lipinski definition) is 1. The van der Waals surface area contributed by atoms with Gasteiger partial charge >= 0.3 is 0 Å². The van der Waals surface area contributed by atoms with E-state index >= 15 is 0 Å². The van der Waals surface area contributed by atoms with E-state index in [1.54, 1.807) is 11.8 Å². The van der Waals surface area contributed by atoms with Crippen LogP contribution in [0.1, 0.15) is 48.9 Å². The molecule has 0 bridgehead atoms. The van der Waals surface area contributed by atoms with E-state index in [0.717, 1.165) is 12.2 Å². The average molecular weight is 305 g/mol. The summed E-state index contributed by atoms with van der Waals surface area (Å²) >= 11 is 1.56. The Morgan fingerprint density at radius 3 is 2.71 bits per heavy atom. The molecule has 2 N–H and O–H groups in total. The fourth-order valence-electron chi connectivity index (χ4n) is 2.13. The predicted octanol–water partition coefficient (Wildman–Crippen LogP) is 4.02. The molecule has 0 saturated carbocycles. The molecule has 1 heterocycles. The number of nitrogens with two attached hydrogens (primary N) is 1. The second kappa shape index (κ2) is 7.09. The summed E-state index contributed by atoms with van der Waals surface area (Å²) in [6, 6.07) is 6.29. The van der Waals surface area contributed by atoms with Crippen LogP contribution in [0, 0.1) is 19.8 Å². The van der Waals surface area contributed by atoms with E-state index in [0.29, 0.717) is 17.0 Å². The van der Waals surface area contributed by atoms with Crippen LogP contribution in [0.4, 0.5) is 0 Å². The summed E-state index contributed by atoms with van der Waals surface area (Å²) in [6.45, 7) is 8.48. The van der Waals surface area contributed by atoms with Gasteiger partial charge in [-0.2, -0.15) is 0 Å². The fraction of sp³-hybridized carbons (Fsp3) is 0.500. The van der Waals surface area contributed by atoms with Gasteiger partial charge in [0.25, 0.3) is 5.22 Å². The minimum atomic E-state index is -0.174. The van der Waals surface area contributed by atoms with Crippen molar-refractivity contribution < 1.29 is 4.42 Å². The van der Waals surface area contributed by atoms with Crippen molar-refractivity contribution in [3.63, 3.8) is 0 Å². The van der Waals surface area contributed by atoms with Crippen LogP contribution in [0.25, 0.3) is 0 Å². The van der Waals surface area contributed by atoms with Crippen LogP contribution < -0.4 is 5.73 Å². The Hall–Kier alpha value is -1.33. The lowest BCUT2D eigenvalue weighted by Crippen LogP contribution is -2.13. The van der Waals surface area contributed by atoms with E-state index in [-0.39, 0.29) is 6.04 Å². The Morgan fingerprint density at radius 1 is 1.24 bits per heavy atom. The topological polar surface area (TPSA) is 64.9 Å². The molecule has 1 atom stereocenters. The number of benzene rings is 1. The summed E-state index contributed by atoms with van der Waals surface area (Å²) in [4.78, 5) is 0. The minimum absolute atomic E-state index is 0.174. The first kappa shape index (κ1) is 16.0. The predicted molar refractivity (Wildman–Crippen MR) is 86.2 cm³/mol. The van der Waals surface area contributed by atoms with E-state index in [9.17, 15) is 0 Å². The molecule has 0 radical (unpaired) electrons. The molecule has 0 aliphatic carbocycles. The second-order valence-corrected chi connectivity index (χ2v) is 6.79. The van der Waals surface area contributed by atoms with Gasteiger partial charge in [0, 0.05) is 5.75 Å². The van der Waals surface area contributed by atoms with Gasteiger partial charge in [0.15, 0.2) is 0 Å². The first-order valence-electron chi connectivity index (χ1n) is 7.23. The number of rotatable bonds is 6. The maximum atomic E-state index is 6.06. The van der Waals surface area contributed by atoms with Gasteiger partial charge in [-0.3, -0.25) is 0 Å². The van der Waals surface area contributed by atoms with E-state index in [4.69, 9.17) is 10.2 Å². The summed E-state index contributed by atoms with van der Waals surface area (Å²) in [5.41, 5.74) is 9.90. The van der Waals surface area contributed by atoms with Crippen molar-refractivity contribution in [3.05, 3.63) is 40.8 Å². The number of aromatic nitrogens is 2. The summed E-state index contributed by atoms with van der Waals surface area (Å²) in [5, 5.41) is 8.73. The van der Waals surface area contributed by atoms with Crippen LogP contribution in [0.2, 0.25) is 0 Å². The van der Waals surface area contributed by atoms with Gasteiger partial charge in [0.1, 0.15) is 0 Å². The van der Waals surface area contributed by atoms with Crippen LogP contribution in [0.3, 0.4) is 0 Å². The molecule has 1 aromatic heterocycles. The van der Waals surface area contributed by atoms with Crippen LogP contribution >= 0.6 is 11.8 Å². The number of aryl methyl sites for hydroxylation is 2. The molecular weight excluding hydrogens is 282 g/mol. The van der Waals surface area contributed by atoms with Crippen LogP contribution in [-0.4, -0.2) is 10.2 Å². The zero-order valence-electron chi connectivity index (χ0n) is 13.1. The molecule has 1 aromatic carbocycles. The lowest BCUT2D eigenvalue weighted by Gasteiger charge is -2.08. The highest BCUT2D eigenvalue weighted by atomic mass is 32.2. The quantitative estimate of drug-likeness (QED) is 0.816. The smallest absolute Gasteiger partial charge is 0.276 e. The summed E-state index contributed by atoms with van der Waals surface area (Å²) in [5.74, 6) is 1.87. The van der Waals surface area contributed by atoms with Crippen molar-refractivity contribution in [2.24, 2.45) is 11.7 Å². The molecule has 0 spiro atoms. The van der Waals surface area contributed by atoms with Gasteiger partial charge in [-0.25, -0.2) is 0 Å². The van der Waals surface area contributed by atoms with E-state index < -0.39 is 0 Å². The van der Waals surface area contributed by atoms with Crippen molar-refractivity contribution in [1.82, 2.24) is 10.2 Å². The highest BCUT2D eigenvalue weighted by molar-refractivity contribution is 7.98. The number of nitrogens with zero attached hydrogens (tertiary/aromatic N) is 2. The third kappa shape index (κ3) is 4.58. The highest BCUT2D eigenvalue weighted by Crippen LogP contribution is 2.26. The number of thioether (sulfide) groups is 1. The molecule has 0 amide bonds. The molecule has 5 heteroatoms. The molecule has 0 saturated heterocycles. The Balaban J connectivity index is 1.98. The lowest BCUT2D eigenvalue weighted by atomic mass is 10.1. The maximum absolute atomic E-state index is 6.06. The Bertz CT molecular complexity index is 595. The first-order chi connectivity index (χ1) is 9.95. The minimum Gasteiger partial charge on any atom is -0.414 e. The fourth-order valence-corrected chi connectivity index (χ4v) is 2.97. The molecule has 114 valence electrons. The van der Waals surface area contributed by atoms with Gasteiger partial charge in [-0.15, -0.1) is 10.2 Å². The largest absolute Gasteiger partial charge is 0.414 e. The zero-order valence-corrected chi connectivity index (χ0v) is 13.9. The van der Waals surface area contributed by atoms with Gasteiger partial charge in [0.2, 0.25) is 5.89 Å². The molecule has 2 rings (SSSR count). The van der Waals surface area contributed by atoms with Crippen molar-refractivity contribution in [2.45, 2.75) is 51.1 Å². The van der Waals surface area contributed by atoms with Crippen molar-refractivity contribution in [1.29, 1.82) is 0 Å². The first-order valence-corrected chi connectivity index (χ1v) is 8.22. The Labute approximate surface area is 130 Å². The number of hydrogen-bond acceptors (Lipinski definition) is 5. The summed E-state index contributed by atoms with van der Waals surface area (Å²) < 4.78 is 5.65. The van der Waals surface area contributed by atoms with Gasteiger partial charge in [0.05, 0.1) is 6.04 Å². The lowest BCUT2D eigenvalue weighted by molar-refractivity contribution is 0.361. The molecule has 0 fully saturated rings. The molecular formula is C16H23N3OS. The normalized spacial score (nSPS) is 12.9. The standard InChI is InChI=1S/C16H23N3OS/c1-10(2)7-14(17)15-18-19-16(20-15)21-9-13-8-11(3)5-6-12(13)4/h5-6,8,10,14H,7,9,17H2,1-4H3/t14-/m0/s1. The zero-order chi connectivity index (χ0) is 15.4. The molecule has 21 heavy (non-hydrogen) atoms. The SMILES string of the molecule is Cc1ccc(C)c(CSc2nnc([C@@H](N)CC(C)C)o2)c1. The van der Waals surface area contributed by atoms with Gasteiger partial charge in [-0.1, -0.05) is 49.4 Å². The second-order valence-electron chi connectivity index (χ2n) is 5.86. The monoisotopic (exact) mass is 305 g/mol. The van der Waals surface area contributed by atoms with E-state index in [1.807, 2.05) is 0 Å². The van der Waals surface area contributed by atoms with Crippen LogP contribution in [-0.2, 0) is 5.75 Å². The van der Waals surface area contributed by atoms with Crippen molar-refractivity contribution in [3.8, 4) is 0 Å². The molecule has 0 aliphatic rings. The maximum Gasteiger partial charge on any atom is 0.276 e. The Morgan fingerprint density at radius 2 is 2.00 bits per heavy atom. The van der Waals surface area contributed by atoms with Crippen molar-refractivity contribution >= 4 is 11.8 Å². The van der Waals surface area contributed by atoms with Crippen LogP contribution in [0.15, 0.2) is 27.8 Å². The van der Waals surface area contributed by atoms with Crippen LogP contribution in [0.5, 0.6) is 0 Å². The molecule has 0 aliphatic heterocycles. The molecule has 0 unspecified atom stereocenters. The van der Waals surface area contributed by atoms with E-state index in [1.165, 1.54) is 16.7 Å². The van der Waals surface area contributed by atoms with E-state index in [2.05, 4.69) is 56.1 Å². The molecule has 2 aromatic rings. The molecule has 4 nitrogen and oxygen atoms in total. The average Bonchev–Trinajstić information content (AvgIpc) is 2.88. The summed E-state index contributed by atoms with van der Waals surface area (Å²) in [6.07, 6.45) is 0.850. The summed E-state index contributed by atoms with van der Waals surface area (Å²) in [7, 11) is 0. The van der Waals surface area contributed by atoms with Gasteiger partial charge < -0.3 is 10.2 Å². The highest BCUT2D eigenvalue weighted by Gasteiger charge is 2.16. The van der Waals surface area contributed by atoms with Crippen molar-refractivity contribution in [2.75, 3.05) is 0 Å². The Kier molecular flexibility index (Phi) is 5.42.